The Bertz CT molecular complexity index is 680. The summed E-state index contributed by atoms with van der Waals surface area (Å²) in [5.41, 5.74) is 4.40. The molecule has 1 aliphatic rings. The van der Waals surface area contributed by atoms with Crippen LogP contribution in [0.2, 0.25) is 0 Å². The first kappa shape index (κ1) is 26.2. The summed E-state index contributed by atoms with van der Waals surface area (Å²) in [5.74, 6) is 0. The zero-order valence-electron chi connectivity index (χ0n) is 16.2. The summed E-state index contributed by atoms with van der Waals surface area (Å²) in [6.45, 7) is 10.1. The molecule has 5 heteroatoms. The second-order valence-electron chi connectivity index (χ2n) is 6.11. The maximum atomic E-state index is 12.3. The number of hydrogen-bond acceptors (Lipinski definition) is 2. The van der Waals surface area contributed by atoms with E-state index in [1.165, 1.54) is 0 Å². The number of hydrogen-bond donors (Lipinski definition) is 1. The molecule has 142 valence electrons. The molecule has 0 heterocycles. The summed E-state index contributed by atoms with van der Waals surface area (Å²) in [5, 5.41) is -1.00. The Hall–Kier alpha value is 0.246. The standard InChI is InChI=1S/C21H32O3S.K.H/c1-6-11-16-17(12-7-2)19(14-9-4)21(25(22,23)24)20(15-10-5)18(16)13-8-3;;/h11-15,21H,6-10H2,1-5H3,(H,22,23,24);;. The minimum atomic E-state index is -4.25. The van der Waals surface area contributed by atoms with Crippen molar-refractivity contribution >= 4 is 61.5 Å². The van der Waals surface area contributed by atoms with Gasteiger partial charge in [0.2, 0.25) is 0 Å². The summed E-state index contributed by atoms with van der Waals surface area (Å²) in [6.07, 6.45) is 14.1. The summed E-state index contributed by atoms with van der Waals surface area (Å²) in [6, 6.07) is 0. The van der Waals surface area contributed by atoms with Crippen molar-refractivity contribution in [2.24, 2.45) is 0 Å². The predicted molar refractivity (Wildman–Crippen MR) is 114 cm³/mol. The van der Waals surface area contributed by atoms with Crippen LogP contribution >= 0.6 is 0 Å². The van der Waals surface area contributed by atoms with Crippen molar-refractivity contribution in [3.05, 3.63) is 58.2 Å². The van der Waals surface area contributed by atoms with Crippen LogP contribution in [0.5, 0.6) is 0 Å². The zero-order chi connectivity index (χ0) is 19.0. The van der Waals surface area contributed by atoms with Crippen LogP contribution in [-0.2, 0) is 10.1 Å². The molecule has 1 aliphatic carbocycles. The first-order chi connectivity index (χ1) is 11.9. The molecule has 0 aliphatic heterocycles. The molecule has 1 rings (SSSR count). The molecule has 26 heavy (non-hydrogen) atoms. The van der Waals surface area contributed by atoms with Crippen molar-refractivity contribution in [2.45, 2.75) is 72.0 Å². The Morgan fingerprint density at radius 2 is 1.00 bits per heavy atom. The van der Waals surface area contributed by atoms with Crippen molar-refractivity contribution in [3.63, 3.8) is 0 Å². The van der Waals surface area contributed by atoms with Crippen LogP contribution in [0.15, 0.2) is 58.2 Å². The van der Waals surface area contributed by atoms with Gasteiger partial charge in [-0.1, -0.05) is 65.0 Å². The van der Waals surface area contributed by atoms with Gasteiger partial charge in [-0.2, -0.15) is 8.42 Å². The van der Waals surface area contributed by atoms with E-state index in [-0.39, 0.29) is 51.4 Å². The van der Waals surface area contributed by atoms with Gasteiger partial charge in [-0.25, -0.2) is 0 Å². The monoisotopic (exact) mass is 404 g/mol. The van der Waals surface area contributed by atoms with Crippen LogP contribution < -0.4 is 0 Å². The molecule has 0 aromatic carbocycles. The Balaban J connectivity index is 0.00000625. The van der Waals surface area contributed by atoms with Gasteiger partial charge in [0.25, 0.3) is 10.1 Å². The van der Waals surface area contributed by atoms with Gasteiger partial charge in [0, 0.05) is 0 Å². The molecule has 0 bridgehead atoms. The van der Waals surface area contributed by atoms with E-state index < -0.39 is 15.4 Å². The molecule has 1 N–H and O–H groups in total. The molecule has 0 atom stereocenters. The van der Waals surface area contributed by atoms with Gasteiger partial charge < -0.3 is 0 Å². The van der Waals surface area contributed by atoms with Crippen molar-refractivity contribution in [1.82, 2.24) is 0 Å². The first-order valence-corrected chi connectivity index (χ1v) is 10.9. The molecule has 3 nitrogen and oxygen atoms in total. The van der Waals surface area contributed by atoms with Gasteiger partial charge in [-0.05, 0) is 60.0 Å². The van der Waals surface area contributed by atoms with Crippen LogP contribution in [0.25, 0.3) is 0 Å². The van der Waals surface area contributed by atoms with Gasteiger partial charge in [-0.15, -0.1) is 0 Å². The first-order valence-electron chi connectivity index (χ1n) is 9.35. The summed E-state index contributed by atoms with van der Waals surface area (Å²) in [7, 11) is -4.25. The quantitative estimate of drug-likeness (QED) is 0.483. The molecule has 0 unspecified atom stereocenters. The van der Waals surface area contributed by atoms with Gasteiger partial charge in [-0.3, -0.25) is 4.55 Å². The van der Waals surface area contributed by atoms with Crippen molar-refractivity contribution in [3.8, 4) is 0 Å². The molecular formula is C21H33KO3S. The van der Waals surface area contributed by atoms with Gasteiger partial charge in [0.1, 0.15) is 5.25 Å². The Kier molecular flexibility index (Phi) is 12.8. The summed E-state index contributed by atoms with van der Waals surface area (Å²) in [4.78, 5) is 0. The predicted octanol–water partition coefficient (Wildman–Crippen LogP) is 5.29. The Labute approximate surface area is 202 Å². The fourth-order valence-corrected chi connectivity index (χ4v) is 4.48. The van der Waals surface area contributed by atoms with E-state index in [4.69, 9.17) is 0 Å². The SMILES string of the molecule is CCC=C1C(=CCC)C(=CCC)C(S(=O)(=O)O)C(=CCC)C1=CCC.[KH]. The van der Waals surface area contributed by atoms with E-state index in [9.17, 15) is 13.0 Å². The Morgan fingerprint density at radius 3 is 1.27 bits per heavy atom. The van der Waals surface area contributed by atoms with Crippen LogP contribution in [0.4, 0.5) is 0 Å². The van der Waals surface area contributed by atoms with Crippen LogP contribution in [0.1, 0.15) is 66.7 Å². The summed E-state index contributed by atoms with van der Waals surface area (Å²) >= 11 is 0. The topological polar surface area (TPSA) is 54.4 Å². The van der Waals surface area contributed by atoms with E-state index in [0.29, 0.717) is 24.0 Å². The second kappa shape index (κ2) is 12.7. The van der Waals surface area contributed by atoms with Gasteiger partial charge >= 0.3 is 51.4 Å². The zero-order valence-corrected chi connectivity index (χ0v) is 17.0. The molecule has 0 aromatic heterocycles. The normalized spacial score (nSPS) is 24.4. The van der Waals surface area contributed by atoms with Crippen LogP contribution in [0, 0.1) is 0 Å². The molecule has 0 aromatic rings. The van der Waals surface area contributed by atoms with Gasteiger partial charge in [0.05, 0.1) is 0 Å². The molecule has 0 radical (unpaired) electrons. The van der Waals surface area contributed by atoms with Crippen molar-refractivity contribution < 1.29 is 13.0 Å². The van der Waals surface area contributed by atoms with Crippen molar-refractivity contribution in [1.29, 1.82) is 0 Å². The molecule has 1 saturated carbocycles. The Morgan fingerprint density at radius 1 is 0.692 bits per heavy atom. The van der Waals surface area contributed by atoms with E-state index >= 15 is 0 Å². The fourth-order valence-electron chi connectivity index (χ4n) is 3.39. The van der Waals surface area contributed by atoms with E-state index in [2.05, 4.69) is 25.2 Å². The fraction of sp³-hybridized carbons (Fsp3) is 0.524. The van der Waals surface area contributed by atoms with E-state index in [1.807, 2.05) is 39.8 Å². The molecule has 0 saturated heterocycles. The molecule has 0 amide bonds. The molecule has 0 spiro atoms. The second-order valence-corrected chi connectivity index (χ2v) is 7.61. The third-order valence-electron chi connectivity index (χ3n) is 4.14. The summed E-state index contributed by atoms with van der Waals surface area (Å²) < 4.78 is 34.7. The maximum absolute atomic E-state index is 12.3. The third-order valence-corrected chi connectivity index (χ3v) is 5.24. The minimum absolute atomic E-state index is 0. The average Bonchev–Trinajstić information content (AvgIpc) is 2.53. The number of rotatable bonds is 6. The molecular weight excluding hydrogens is 371 g/mol. The average molecular weight is 405 g/mol. The van der Waals surface area contributed by atoms with Crippen LogP contribution in [0.3, 0.4) is 0 Å². The third kappa shape index (κ3) is 6.40. The van der Waals surface area contributed by atoms with E-state index in [1.54, 1.807) is 0 Å². The van der Waals surface area contributed by atoms with Crippen LogP contribution in [-0.4, -0.2) is 69.6 Å². The van der Waals surface area contributed by atoms with E-state index in [0.717, 1.165) is 36.0 Å². The van der Waals surface area contributed by atoms with Crippen molar-refractivity contribution in [2.75, 3.05) is 0 Å². The molecule has 1 fully saturated rings. The number of allylic oxidation sites excluding steroid dienone is 8. The van der Waals surface area contributed by atoms with Gasteiger partial charge in [0.15, 0.2) is 0 Å².